The predicted molar refractivity (Wildman–Crippen MR) is 80.2 cm³/mol. The van der Waals surface area contributed by atoms with E-state index in [2.05, 4.69) is 14.8 Å². The van der Waals surface area contributed by atoms with Gasteiger partial charge in [0.2, 0.25) is 0 Å². The van der Waals surface area contributed by atoms with Crippen molar-refractivity contribution in [2.75, 3.05) is 31.9 Å². The molecule has 0 spiro atoms. The monoisotopic (exact) mass is 280 g/mol. The lowest BCUT2D eigenvalue weighted by molar-refractivity contribution is 0.0759. The number of aromatic nitrogens is 1. The van der Waals surface area contributed by atoms with E-state index in [1.165, 1.54) is 63.2 Å². The Morgan fingerprint density at radius 2 is 1.89 bits per heavy atom. The predicted octanol–water partition coefficient (Wildman–Crippen LogP) is 2.18. The van der Waals surface area contributed by atoms with Crippen LogP contribution in [0.4, 0.5) is 5.13 Å². The quantitative estimate of drug-likeness (QED) is 0.922. The molecule has 0 aromatic carbocycles. The first-order chi connectivity index (χ1) is 9.31. The number of hydrogen-bond acceptors (Lipinski definition) is 5. The first-order valence-corrected chi connectivity index (χ1v) is 8.29. The van der Waals surface area contributed by atoms with E-state index in [1.54, 1.807) is 11.3 Å². The topological polar surface area (TPSA) is 45.4 Å². The summed E-state index contributed by atoms with van der Waals surface area (Å²) in [7, 11) is 0. The fraction of sp³-hybridized carbons (Fsp3) is 0.786. The molecule has 1 aliphatic heterocycles. The van der Waals surface area contributed by atoms with E-state index >= 15 is 0 Å². The van der Waals surface area contributed by atoms with Crippen molar-refractivity contribution in [1.29, 1.82) is 0 Å². The molecule has 0 amide bonds. The van der Waals surface area contributed by atoms with Crippen molar-refractivity contribution in [2.24, 2.45) is 0 Å². The van der Waals surface area contributed by atoms with Crippen LogP contribution >= 0.6 is 11.3 Å². The maximum atomic E-state index is 5.68. The Balaban J connectivity index is 1.46. The largest absolute Gasteiger partial charge is 0.375 e. The number of nitrogen functional groups attached to an aromatic ring is 1. The Hall–Kier alpha value is -0.650. The number of anilines is 1. The van der Waals surface area contributed by atoms with E-state index in [0.29, 0.717) is 5.13 Å². The number of thiazole rings is 1. The van der Waals surface area contributed by atoms with Crippen LogP contribution < -0.4 is 5.73 Å². The van der Waals surface area contributed by atoms with E-state index in [-0.39, 0.29) is 0 Å². The average molecular weight is 280 g/mol. The molecule has 3 rings (SSSR count). The van der Waals surface area contributed by atoms with Crippen molar-refractivity contribution in [3.05, 3.63) is 11.1 Å². The van der Waals surface area contributed by atoms with Gasteiger partial charge in [-0.25, -0.2) is 4.98 Å². The summed E-state index contributed by atoms with van der Waals surface area (Å²) in [5.74, 6) is 0. The van der Waals surface area contributed by atoms with Gasteiger partial charge in [-0.2, -0.15) is 0 Å². The summed E-state index contributed by atoms with van der Waals surface area (Å²) >= 11 is 1.62. The Labute approximate surface area is 119 Å². The highest BCUT2D eigenvalue weighted by Crippen LogP contribution is 2.24. The van der Waals surface area contributed by atoms with Crippen LogP contribution in [0.25, 0.3) is 0 Å². The van der Waals surface area contributed by atoms with Gasteiger partial charge in [0, 0.05) is 49.8 Å². The van der Waals surface area contributed by atoms with Gasteiger partial charge in [-0.05, 0) is 12.8 Å². The van der Waals surface area contributed by atoms with Crippen molar-refractivity contribution in [3.63, 3.8) is 0 Å². The number of rotatable bonds is 3. The molecule has 2 N–H and O–H groups in total. The Morgan fingerprint density at radius 1 is 1.16 bits per heavy atom. The molecule has 1 aliphatic carbocycles. The minimum Gasteiger partial charge on any atom is -0.375 e. The number of piperazine rings is 1. The molecule has 2 heterocycles. The van der Waals surface area contributed by atoms with Gasteiger partial charge in [0.25, 0.3) is 0 Å². The average Bonchev–Trinajstić information content (AvgIpc) is 2.86. The first-order valence-electron chi connectivity index (χ1n) is 7.48. The van der Waals surface area contributed by atoms with Crippen LogP contribution in [0.2, 0.25) is 0 Å². The maximum absolute atomic E-state index is 5.68. The summed E-state index contributed by atoms with van der Waals surface area (Å²) < 4.78 is 0. The molecule has 4 nitrogen and oxygen atoms in total. The Morgan fingerprint density at radius 3 is 2.53 bits per heavy atom. The Kier molecular flexibility index (Phi) is 4.35. The summed E-state index contributed by atoms with van der Waals surface area (Å²) in [6.45, 7) is 5.87. The Bertz CT molecular complexity index is 392. The fourth-order valence-corrected chi connectivity index (χ4v) is 4.08. The van der Waals surface area contributed by atoms with Gasteiger partial charge >= 0.3 is 0 Å². The highest BCUT2D eigenvalue weighted by Gasteiger charge is 2.25. The molecular formula is C14H24N4S. The van der Waals surface area contributed by atoms with Gasteiger partial charge in [0.15, 0.2) is 5.13 Å². The number of nitrogens with two attached hydrogens (primary N) is 1. The summed E-state index contributed by atoms with van der Waals surface area (Å²) in [6, 6.07) is 0.870. The molecule has 106 valence electrons. The van der Waals surface area contributed by atoms with Gasteiger partial charge in [0.1, 0.15) is 0 Å². The molecule has 2 aliphatic rings. The van der Waals surface area contributed by atoms with Crippen molar-refractivity contribution in [1.82, 2.24) is 14.8 Å². The van der Waals surface area contributed by atoms with Crippen LogP contribution in [-0.2, 0) is 6.54 Å². The molecule has 1 saturated heterocycles. The molecule has 0 unspecified atom stereocenters. The molecule has 0 bridgehead atoms. The zero-order chi connectivity index (χ0) is 13.1. The third-order valence-electron chi connectivity index (χ3n) is 4.45. The second kappa shape index (κ2) is 6.20. The summed E-state index contributed by atoms with van der Waals surface area (Å²) in [4.78, 5) is 10.7. The lowest BCUT2D eigenvalue weighted by Crippen LogP contribution is -2.50. The van der Waals surface area contributed by atoms with Crippen LogP contribution in [0.5, 0.6) is 0 Å². The van der Waals surface area contributed by atoms with E-state index in [9.17, 15) is 0 Å². The smallest absolute Gasteiger partial charge is 0.180 e. The van der Waals surface area contributed by atoms with Crippen molar-refractivity contribution in [3.8, 4) is 0 Å². The second-order valence-corrected chi connectivity index (χ2v) is 6.92. The van der Waals surface area contributed by atoms with E-state index in [0.717, 1.165) is 12.6 Å². The summed E-state index contributed by atoms with van der Waals surface area (Å²) in [6.07, 6.45) is 9.09. The molecule has 2 fully saturated rings. The molecule has 1 aromatic rings. The van der Waals surface area contributed by atoms with Crippen LogP contribution in [0.1, 0.15) is 37.0 Å². The molecular weight excluding hydrogens is 256 g/mol. The van der Waals surface area contributed by atoms with Crippen molar-refractivity contribution >= 4 is 16.5 Å². The third-order valence-corrected chi connectivity index (χ3v) is 5.26. The molecule has 1 aromatic heterocycles. The van der Waals surface area contributed by atoms with Gasteiger partial charge in [-0.1, -0.05) is 19.3 Å². The molecule has 1 saturated carbocycles. The minimum atomic E-state index is 0.691. The molecule has 5 heteroatoms. The fourth-order valence-electron chi connectivity index (χ4n) is 3.35. The number of nitrogens with zero attached hydrogens (tertiary/aromatic N) is 3. The maximum Gasteiger partial charge on any atom is 0.180 e. The van der Waals surface area contributed by atoms with Gasteiger partial charge in [-0.15, -0.1) is 11.3 Å². The highest BCUT2D eigenvalue weighted by atomic mass is 32.1. The zero-order valence-corrected chi connectivity index (χ0v) is 12.4. The van der Waals surface area contributed by atoms with E-state index < -0.39 is 0 Å². The highest BCUT2D eigenvalue weighted by molar-refractivity contribution is 7.15. The van der Waals surface area contributed by atoms with Gasteiger partial charge in [0.05, 0.1) is 0 Å². The standard InChI is InChI=1S/C14H24N4S/c15-14-16-10-13(19-14)11-17-6-8-18(9-7-17)12-4-2-1-3-5-12/h10,12H,1-9,11H2,(H2,15,16). The van der Waals surface area contributed by atoms with Crippen LogP contribution in [0.3, 0.4) is 0 Å². The van der Waals surface area contributed by atoms with E-state index in [4.69, 9.17) is 5.73 Å². The van der Waals surface area contributed by atoms with Crippen LogP contribution in [-0.4, -0.2) is 47.0 Å². The lowest BCUT2D eigenvalue weighted by Gasteiger charge is -2.40. The number of hydrogen-bond donors (Lipinski definition) is 1. The summed E-state index contributed by atoms with van der Waals surface area (Å²) in [5.41, 5.74) is 5.68. The van der Waals surface area contributed by atoms with Crippen LogP contribution in [0, 0.1) is 0 Å². The van der Waals surface area contributed by atoms with Crippen molar-refractivity contribution in [2.45, 2.75) is 44.7 Å². The summed E-state index contributed by atoms with van der Waals surface area (Å²) in [5, 5.41) is 0.691. The minimum absolute atomic E-state index is 0.691. The van der Waals surface area contributed by atoms with Gasteiger partial charge < -0.3 is 5.73 Å². The molecule has 0 radical (unpaired) electrons. The van der Waals surface area contributed by atoms with E-state index in [1.807, 2.05) is 6.20 Å². The van der Waals surface area contributed by atoms with Crippen LogP contribution in [0.15, 0.2) is 6.20 Å². The first kappa shape index (κ1) is 13.3. The molecule has 0 atom stereocenters. The zero-order valence-electron chi connectivity index (χ0n) is 11.6. The molecule has 19 heavy (non-hydrogen) atoms. The lowest BCUT2D eigenvalue weighted by atomic mass is 9.94. The normalized spacial score (nSPS) is 23.8. The third kappa shape index (κ3) is 3.46. The SMILES string of the molecule is Nc1ncc(CN2CCN(C3CCCCC3)CC2)s1. The van der Waals surface area contributed by atoms with Gasteiger partial charge in [-0.3, -0.25) is 9.80 Å². The van der Waals surface area contributed by atoms with Crippen molar-refractivity contribution < 1.29 is 0 Å². The second-order valence-electron chi connectivity index (χ2n) is 5.77.